The van der Waals surface area contributed by atoms with Crippen molar-refractivity contribution in [2.24, 2.45) is 7.05 Å². The van der Waals surface area contributed by atoms with E-state index in [0.717, 1.165) is 46.1 Å². The van der Waals surface area contributed by atoms with E-state index in [2.05, 4.69) is 57.4 Å². The molecule has 0 atom stereocenters. The van der Waals surface area contributed by atoms with Crippen LogP contribution in [0, 0.1) is 13.8 Å². The van der Waals surface area contributed by atoms with E-state index in [4.69, 9.17) is 4.74 Å². The Morgan fingerprint density at radius 3 is 2.67 bits per heavy atom. The maximum absolute atomic E-state index is 6.02. The van der Waals surface area contributed by atoms with E-state index in [9.17, 15) is 0 Å². The molecule has 0 bridgehead atoms. The molecular formula is C15H21BrN4O. The summed E-state index contributed by atoms with van der Waals surface area (Å²) in [7, 11) is 1.95. The number of rotatable bonds is 6. The lowest BCUT2D eigenvalue weighted by molar-refractivity contribution is 0.285. The first kappa shape index (κ1) is 16.0. The topological polar surface area (TPSA) is 52.0 Å². The molecule has 2 aromatic rings. The average molecular weight is 353 g/mol. The number of hydrogen-bond acceptors (Lipinski definition) is 4. The first-order chi connectivity index (χ1) is 10.0. The predicted octanol–water partition coefficient (Wildman–Crippen LogP) is 2.88. The van der Waals surface area contributed by atoms with Crippen LogP contribution in [0.25, 0.3) is 0 Å². The number of aryl methyl sites for hydroxylation is 2. The normalized spacial score (nSPS) is 10.9. The van der Waals surface area contributed by atoms with Crippen molar-refractivity contribution < 1.29 is 4.74 Å². The van der Waals surface area contributed by atoms with Crippen LogP contribution in [0.15, 0.2) is 16.6 Å². The third-order valence-electron chi connectivity index (χ3n) is 3.41. The minimum absolute atomic E-state index is 0.416. The molecule has 0 aliphatic heterocycles. The van der Waals surface area contributed by atoms with Crippen LogP contribution in [0.4, 0.5) is 0 Å². The fourth-order valence-corrected chi connectivity index (χ4v) is 2.73. The van der Waals surface area contributed by atoms with Gasteiger partial charge in [0, 0.05) is 23.6 Å². The summed E-state index contributed by atoms with van der Waals surface area (Å²) in [6, 6.07) is 4.15. The van der Waals surface area contributed by atoms with Crippen molar-refractivity contribution in [3.63, 3.8) is 0 Å². The van der Waals surface area contributed by atoms with Crippen molar-refractivity contribution in [3.8, 4) is 5.75 Å². The molecule has 0 saturated carbocycles. The lowest BCUT2D eigenvalue weighted by Gasteiger charge is -2.15. The molecule has 0 fully saturated rings. The Morgan fingerprint density at radius 1 is 1.29 bits per heavy atom. The molecule has 0 unspecified atom stereocenters. The van der Waals surface area contributed by atoms with E-state index in [1.165, 1.54) is 0 Å². The molecule has 114 valence electrons. The van der Waals surface area contributed by atoms with Crippen LogP contribution in [0.2, 0.25) is 0 Å². The Labute approximate surface area is 133 Å². The molecule has 5 nitrogen and oxygen atoms in total. The number of nitrogens with one attached hydrogen (secondary N) is 1. The number of halogens is 1. The number of hydrogen-bond donors (Lipinski definition) is 1. The van der Waals surface area contributed by atoms with Crippen LogP contribution in [-0.2, 0) is 20.2 Å². The molecule has 0 radical (unpaired) electrons. The van der Waals surface area contributed by atoms with Gasteiger partial charge < -0.3 is 14.6 Å². The van der Waals surface area contributed by atoms with Gasteiger partial charge in [-0.1, -0.05) is 22.9 Å². The Bertz CT molecular complexity index is 624. The smallest absolute Gasteiger partial charge is 0.170 e. The van der Waals surface area contributed by atoms with Crippen molar-refractivity contribution in [3.05, 3.63) is 39.4 Å². The van der Waals surface area contributed by atoms with E-state index in [1.807, 2.05) is 18.5 Å². The van der Waals surface area contributed by atoms with E-state index in [1.54, 1.807) is 0 Å². The monoisotopic (exact) mass is 352 g/mol. The lowest BCUT2D eigenvalue weighted by atomic mass is 10.1. The number of aromatic nitrogens is 3. The molecule has 0 spiro atoms. The summed E-state index contributed by atoms with van der Waals surface area (Å²) >= 11 is 3.54. The maximum atomic E-state index is 6.02. The number of ether oxygens (including phenoxy) is 1. The summed E-state index contributed by atoms with van der Waals surface area (Å²) in [4.78, 5) is 0. The van der Waals surface area contributed by atoms with E-state index in [0.29, 0.717) is 6.61 Å². The molecule has 1 aromatic heterocycles. The Balaban J connectivity index is 2.20. The molecule has 0 aliphatic rings. The fourth-order valence-electron chi connectivity index (χ4n) is 2.11. The summed E-state index contributed by atoms with van der Waals surface area (Å²) < 4.78 is 9.02. The van der Waals surface area contributed by atoms with Crippen molar-refractivity contribution in [1.82, 2.24) is 20.1 Å². The van der Waals surface area contributed by atoms with Gasteiger partial charge in [0.2, 0.25) is 0 Å². The summed E-state index contributed by atoms with van der Waals surface area (Å²) in [5.74, 6) is 2.62. The van der Waals surface area contributed by atoms with E-state index < -0.39 is 0 Å². The van der Waals surface area contributed by atoms with Crippen LogP contribution in [0.5, 0.6) is 5.75 Å². The van der Waals surface area contributed by atoms with Gasteiger partial charge in [0.25, 0.3) is 0 Å². The SMILES string of the molecule is CCNCc1cc(Br)cc(C)c1OCc1nnc(C)n1C. The van der Waals surface area contributed by atoms with Crippen LogP contribution < -0.4 is 10.1 Å². The second kappa shape index (κ2) is 7.04. The molecular weight excluding hydrogens is 332 g/mol. The van der Waals surface area contributed by atoms with Crippen molar-refractivity contribution in [1.29, 1.82) is 0 Å². The van der Waals surface area contributed by atoms with Crippen LogP contribution in [0.3, 0.4) is 0 Å². The highest BCUT2D eigenvalue weighted by Gasteiger charge is 2.11. The minimum atomic E-state index is 0.416. The van der Waals surface area contributed by atoms with Gasteiger partial charge in [-0.05, 0) is 38.1 Å². The van der Waals surface area contributed by atoms with Gasteiger partial charge in [0.05, 0.1) is 0 Å². The summed E-state index contributed by atoms with van der Waals surface area (Å²) in [6.45, 7) is 8.19. The molecule has 1 aromatic carbocycles. The number of nitrogens with zero attached hydrogens (tertiary/aromatic N) is 3. The second-order valence-corrected chi connectivity index (χ2v) is 5.92. The Morgan fingerprint density at radius 2 is 2.05 bits per heavy atom. The highest BCUT2D eigenvalue weighted by molar-refractivity contribution is 9.10. The quantitative estimate of drug-likeness (QED) is 0.868. The largest absolute Gasteiger partial charge is 0.485 e. The van der Waals surface area contributed by atoms with Gasteiger partial charge in [0.15, 0.2) is 5.82 Å². The molecule has 0 amide bonds. The maximum Gasteiger partial charge on any atom is 0.170 e. The van der Waals surface area contributed by atoms with Crippen molar-refractivity contribution >= 4 is 15.9 Å². The van der Waals surface area contributed by atoms with Gasteiger partial charge in [0.1, 0.15) is 18.2 Å². The summed E-state index contributed by atoms with van der Waals surface area (Å²) in [5.41, 5.74) is 2.25. The highest BCUT2D eigenvalue weighted by atomic mass is 79.9. The predicted molar refractivity (Wildman–Crippen MR) is 86.3 cm³/mol. The van der Waals surface area contributed by atoms with E-state index in [-0.39, 0.29) is 0 Å². The Hall–Kier alpha value is -1.40. The van der Waals surface area contributed by atoms with Crippen molar-refractivity contribution in [2.75, 3.05) is 6.54 Å². The first-order valence-electron chi connectivity index (χ1n) is 7.00. The van der Waals surface area contributed by atoms with Crippen LogP contribution in [-0.4, -0.2) is 21.3 Å². The highest BCUT2D eigenvalue weighted by Crippen LogP contribution is 2.28. The molecule has 0 saturated heterocycles. The first-order valence-corrected chi connectivity index (χ1v) is 7.79. The second-order valence-electron chi connectivity index (χ2n) is 5.00. The summed E-state index contributed by atoms with van der Waals surface area (Å²) in [5, 5.41) is 11.5. The molecule has 2 rings (SSSR count). The average Bonchev–Trinajstić information content (AvgIpc) is 2.75. The third-order valence-corrected chi connectivity index (χ3v) is 3.87. The van der Waals surface area contributed by atoms with Crippen LogP contribution >= 0.6 is 15.9 Å². The van der Waals surface area contributed by atoms with E-state index >= 15 is 0 Å². The number of benzene rings is 1. The zero-order valence-electron chi connectivity index (χ0n) is 12.9. The summed E-state index contributed by atoms with van der Waals surface area (Å²) in [6.07, 6.45) is 0. The fraction of sp³-hybridized carbons (Fsp3) is 0.467. The standard InChI is InChI=1S/C15H21BrN4O/c1-5-17-8-12-7-13(16)6-10(2)15(12)21-9-14-19-18-11(3)20(14)4/h6-7,17H,5,8-9H2,1-4H3. The van der Waals surface area contributed by atoms with Crippen LogP contribution in [0.1, 0.15) is 29.7 Å². The zero-order valence-corrected chi connectivity index (χ0v) is 14.5. The minimum Gasteiger partial charge on any atom is -0.485 e. The Kier molecular flexibility index (Phi) is 5.36. The molecule has 0 aliphatic carbocycles. The van der Waals surface area contributed by atoms with Gasteiger partial charge in [-0.15, -0.1) is 10.2 Å². The zero-order chi connectivity index (χ0) is 15.4. The van der Waals surface area contributed by atoms with Gasteiger partial charge in [-0.2, -0.15) is 0 Å². The van der Waals surface area contributed by atoms with Crippen molar-refractivity contribution in [2.45, 2.75) is 33.9 Å². The van der Waals surface area contributed by atoms with Gasteiger partial charge >= 0.3 is 0 Å². The molecule has 6 heteroatoms. The molecule has 1 heterocycles. The van der Waals surface area contributed by atoms with Gasteiger partial charge in [-0.25, -0.2) is 0 Å². The molecule has 1 N–H and O–H groups in total. The third kappa shape index (κ3) is 3.83. The molecule has 21 heavy (non-hydrogen) atoms. The van der Waals surface area contributed by atoms with Gasteiger partial charge in [-0.3, -0.25) is 0 Å². The lowest BCUT2D eigenvalue weighted by Crippen LogP contribution is -2.14.